The standard InChI is InChI=1S/C17H34N2/c1-5-15-10-8-9-11-16(15)19-13-17(6-2,7-3)18-12-14(19)4/h14-16,18H,5-13H2,1-4H3. The maximum absolute atomic E-state index is 3.84. The van der Waals surface area contributed by atoms with Crippen molar-refractivity contribution in [3.63, 3.8) is 0 Å². The predicted molar refractivity (Wildman–Crippen MR) is 83.5 cm³/mol. The van der Waals surface area contributed by atoms with Gasteiger partial charge in [0.1, 0.15) is 0 Å². The van der Waals surface area contributed by atoms with Gasteiger partial charge in [-0.25, -0.2) is 0 Å². The van der Waals surface area contributed by atoms with Crippen LogP contribution in [0.4, 0.5) is 0 Å². The Labute approximate surface area is 120 Å². The van der Waals surface area contributed by atoms with E-state index < -0.39 is 0 Å². The zero-order valence-corrected chi connectivity index (χ0v) is 13.5. The van der Waals surface area contributed by atoms with Crippen molar-refractivity contribution in [1.82, 2.24) is 10.2 Å². The molecule has 1 N–H and O–H groups in total. The van der Waals surface area contributed by atoms with E-state index in [1.165, 1.54) is 58.0 Å². The first-order valence-electron chi connectivity index (χ1n) is 8.66. The summed E-state index contributed by atoms with van der Waals surface area (Å²) < 4.78 is 0. The molecule has 2 fully saturated rings. The van der Waals surface area contributed by atoms with Gasteiger partial charge in [0, 0.05) is 30.7 Å². The summed E-state index contributed by atoms with van der Waals surface area (Å²) in [6, 6.07) is 1.57. The lowest BCUT2D eigenvalue weighted by Crippen LogP contribution is -2.66. The molecule has 0 aromatic rings. The lowest BCUT2D eigenvalue weighted by atomic mass is 9.79. The quantitative estimate of drug-likeness (QED) is 0.832. The second-order valence-electron chi connectivity index (χ2n) is 6.91. The first-order valence-corrected chi connectivity index (χ1v) is 8.66. The van der Waals surface area contributed by atoms with Crippen molar-refractivity contribution in [3.05, 3.63) is 0 Å². The first-order chi connectivity index (χ1) is 9.15. The summed E-state index contributed by atoms with van der Waals surface area (Å²) in [6.45, 7) is 12.0. The fourth-order valence-corrected chi connectivity index (χ4v) is 4.31. The molecule has 2 nitrogen and oxygen atoms in total. The van der Waals surface area contributed by atoms with Crippen LogP contribution in [0.15, 0.2) is 0 Å². The monoisotopic (exact) mass is 266 g/mol. The van der Waals surface area contributed by atoms with Crippen LogP contribution in [0.3, 0.4) is 0 Å². The van der Waals surface area contributed by atoms with Gasteiger partial charge >= 0.3 is 0 Å². The second kappa shape index (κ2) is 6.58. The SMILES string of the molecule is CCC1CCCCC1N1CC(CC)(CC)NCC1C. The third-order valence-corrected chi connectivity index (χ3v) is 6.00. The average molecular weight is 266 g/mol. The third kappa shape index (κ3) is 3.16. The van der Waals surface area contributed by atoms with Gasteiger partial charge in [0.05, 0.1) is 0 Å². The minimum absolute atomic E-state index is 0.377. The molecule has 19 heavy (non-hydrogen) atoms. The Bertz CT molecular complexity index is 272. The van der Waals surface area contributed by atoms with Crippen molar-refractivity contribution < 1.29 is 0 Å². The van der Waals surface area contributed by atoms with Crippen LogP contribution >= 0.6 is 0 Å². The number of nitrogens with zero attached hydrogens (tertiary/aromatic N) is 1. The Balaban J connectivity index is 2.11. The molecule has 1 saturated heterocycles. The van der Waals surface area contributed by atoms with Gasteiger partial charge in [0.2, 0.25) is 0 Å². The summed E-state index contributed by atoms with van der Waals surface area (Å²) in [5, 5.41) is 3.84. The molecule has 2 aliphatic rings. The zero-order valence-electron chi connectivity index (χ0n) is 13.5. The van der Waals surface area contributed by atoms with E-state index in [-0.39, 0.29) is 0 Å². The van der Waals surface area contributed by atoms with Crippen LogP contribution in [0.25, 0.3) is 0 Å². The number of hydrogen-bond donors (Lipinski definition) is 1. The molecule has 1 saturated carbocycles. The molecule has 112 valence electrons. The lowest BCUT2D eigenvalue weighted by Gasteiger charge is -2.52. The Morgan fingerprint density at radius 1 is 1.11 bits per heavy atom. The highest BCUT2D eigenvalue weighted by atomic mass is 15.3. The van der Waals surface area contributed by atoms with E-state index in [0.717, 1.165) is 12.0 Å². The van der Waals surface area contributed by atoms with E-state index in [9.17, 15) is 0 Å². The topological polar surface area (TPSA) is 15.3 Å². The summed E-state index contributed by atoms with van der Waals surface area (Å²) in [4.78, 5) is 2.87. The first kappa shape index (κ1) is 15.3. The molecular weight excluding hydrogens is 232 g/mol. The molecule has 0 aromatic heterocycles. The summed E-state index contributed by atoms with van der Waals surface area (Å²) >= 11 is 0. The largest absolute Gasteiger partial charge is 0.308 e. The van der Waals surface area contributed by atoms with Gasteiger partial charge in [-0.1, -0.05) is 40.0 Å². The lowest BCUT2D eigenvalue weighted by molar-refractivity contribution is 0.00501. The molecular formula is C17H34N2. The molecule has 0 amide bonds. The van der Waals surface area contributed by atoms with Gasteiger partial charge in [0.15, 0.2) is 0 Å². The van der Waals surface area contributed by atoms with E-state index >= 15 is 0 Å². The molecule has 0 bridgehead atoms. The maximum Gasteiger partial charge on any atom is 0.0304 e. The van der Waals surface area contributed by atoms with Crippen LogP contribution in [0.1, 0.15) is 72.6 Å². The number of nitrogens with one attached hydrogen (secondary N) is 1. The highest BCUT2D eigenvalue weighted by molar-refractivity contribution is 4.99. The molecule has 2 rings (SSSR count). The molecule has 0 spiro atoms. The van der Waals surface area contributed by atoms with Gasteiger partial charge in [-0.15, -0.1) is 0 Å². The molecule has 1 aliphatic heterocycles. The fourth-order valence-electron chi connectivity index (χ4n) is 4.31. The van der Waals surface area contributed by atoms with Crippen LogP contribution in [-0.4, -0.2) is 35.6 Å². The van der Waals surface area contributed by atoms with Crippen molar-refractivity contribution in [2.45, 2.75) is 90.3 Å². The Morgan fingerprint density at radius 2 is 1.79 bits per heavy atom. The molecule has 1 heterocycles. The third-order valence-electron chi connectivity index (χ3n) is 6.00. The van der Waals surface area contributed by atoms with E-state index in [4.69, 9.17) is 0 Å². The predicted octanol–water partition coefficient (Wildman–Crippen LogP) is 3.81. The summed E-state index contributed by atoms with van der Waals surface area (Å²) in [6.07, 6.45) is 9.69. The van der Waals surface area contributed by atoms with Crippen LogP contribution < -0.4 is 5.32 Å². The number of rotatable bonds is 4. The van der Waals surface area contributed by atoms with Crippen molar-refractivity contribution in [3.8, 4) is 0 Å². The van der Waals surface area contributed by atoms with Crippen molar-refractivity contribution >= 4 is 0 Å². The van der Waals surface area contributed by atoms with Gasteiger partial charge in [0.25, 0.3) is 0 Å². The van der Waals surface area contributed by atoms with Gasteiger partial charge in [-0.3, -0.25) is 4.90 Å². The minimum atomic E-state index is 0.377. The summed E-state index contributed by atoms with van der Waals surface area (Å²) in [7, 11) is 0. The Morgan fingerprint density at radius 3 is 2.42 bits per heavy atom. The molecule has 0 radical (unpaired) electrons. The highest BCUT2D eigenvalue weighted by Crippen LogP contribution is 2.34. The molecule has 3 atom stereocenters. The van der Waals surface area contributed by atoms with Crippen LogP contribution in [0.2, 0.25) is 0 Å². The summed E-state index contributed by atoms with van der Waals surface area (Å²) in [5.41, 5.74) is 0.377. The van der Waals surface area contributed by atoms with E-state index in [1.54, 1.807) is 0 Å². The van der Waals surface area contributed by atoms with Crippen LogP contribution in [-0.2, 0) is 0 Å². The van der Waals surface area contributed by atoms with Crippen molar-refractivity contribution in [2.75, 3.05) is 13.1 Å². The maximum atomic E-state index is 3.84. The zero-order chi connectivity index (χ0) is 13.9. The Hall–Kier alpha value is -0.0800. The van der Waals surface area contributed by atoms with Gasteiger partial charge < -0.3 is 5.32 Å². The molecule has 2 heteroatoms. The van der Waals surface area contributed by atoms with Crippen molar-refractivity contribution in [2.24, 2.45) is 5.92 Å². The number of piperazine rings is 1. The minimum Gasteiger partial charge on any atom is -0.308 e. The normalized spacial score (nSPS) is 36.3. The Kier molecular flexibility index (Phi) is 5.30. The van der Waals surface area contributed by atoms with Gasteiger partial charge in [-0.05, 0) is 38.5 Å². The van der Waals surface area contributed by atoms with E-state index in [0.29, 0.717) is 11.6 Å². The van der Waals surface area contributed by atoms with E-state index in [1.807, 2.05) is 0 Å². The average Bonchev–Trinajstić information content (AvgIpc) is 2.48. The molecule has 0 aromatic carbocycles. The molecule has 1 aliphatic carbocycles. The summed E-state index contributed by atoms with van der Waals surface area (Å²) in [5.74, 6) is 0.945. The van der Waals surface area contributed by atoms with Crippen LogP contribution in [0, 0.1) is 5.92 Å². The molecule has 3 unspecified atom stereocenters. The van der Waals surface area contributed by atoms with E-state index in [2.05, 4.69) is 37.9 Å². The van der Waals surface area contributed by atoms with Crippen molar-refractivity contribution in [1.29, 1.82) is 0 Å². The second-order valence-corrected chi connectivity index (χ2v) is 6.91. The smallest absolute Gasteiger partial charge is 0.0304 e. The fraction of sp³-hybridized carbons (Fsp3) is 1.00. The highest BCUT2D eigenvalue weighted by Gasteiger charge is 2.40. The number of hydrogen-bond acceptors (Lipinski definition) is 2. The van der Waals surface area contributed by atoms with Gasteiger partial charge in [-0.2, -0.15) is 0 Å². The van der Waals surface area contributed by atoms with Crippen LogP contribution in [0.5, 0.6) is 0 Å².